The Hall–Kier alpha value is -5.68. The third kappa shape index (κ3) is 5.12. The molecule has 0 saturated carbocycles. The minimum Gasteiger partial charge on any atom is -0.228 e. The van der Waals surface area contributed by atoms with Crippen LogP contribution in [0.1, 0.15) is 0 Å². The average molecular weight is 649 g/mol. The smallest absolute Gasteiger partial charge is 0.160 e. The van der Waals surface area contributed by atoms with Gasteiger partial charge in [-0.25, -0.2) is 9.97 Å². The highest BCUT2D eigenvalue weighted by molar-refractivity contribution is 7.23. The first kappa shape index (κ1) is 28.5. The normalized spacial score (nSPS) is 11.3. The van der Waals surface area contributed by atoms with Crippen LogP contribution in [0.3, 0.4) is 0 Å². The summed E-state index contributed by atoms with van der Waals surface area (Å²) in [4.78, 5) is 11.3. The maximum atomic E-state index is 5.11. The van der Waals surface area contributed by atoms with Crippen molar-refractivity contribution in [1.29, 1.82) is 0 Å². The number of rotatable bonds is 6. The summed E-state index contributed by atoms with van der Waals surface area (Å²) in [5, 5.41) is 4.83. The summed E-state index contributed by atoms with van der Waals surface area (Å²) in [6.07, 6.45) is 0. The molecule has 0 aliphatic heterocycles. The molecular weight excluding hydrogens is 621 g/mol. The number of nitrogens with zero attached hydrogens (tertiary/aromatic N) is 2. The van der Waals surface area contributed by atoms with E-state index in [1.807, 2.05) is 46.9 Å². The van der Waals surface area contributed by atoms with Crippen LogP contribution in [0, 0.1) is 0 Å². The lowest BCUT2D eigenvalue weighted by molar-refractivity contribution is 1.18. The lowest BCUT2D eigenvalue weighted by Gasteiger charge is -2.12. The van der Waals surface area contributed by atoms with Crippen LogP contribution in [0.5, 0.6) is 0 Å². The summed E-state index contributed by atoms with van der Waals surface area (Å²) < 4.78 is 2.64. The van der Waals surface area contributed by atoms with Crippen LogP contribution in [0.25, 0.3) is 86.8 Å². The first-order chi connectivity index (χ1) is 23.8. The number of hydrogen-bond donors (Lipinski definition) is 0. The van der Waals surface area contributed by atoms with Gasteiger partial charge >= 0.3 is 0 Å². The topological polar surface area (TPSA) is 25.8 Å². The Morgan fingerprint density at radius 3 is 1.54 bits per heavy atom. The maximum absolute atomic E-state index is 5.11. The molecule has 9 rings (SSSR count). The van der Waals surface area contributed by atoms with Crippen LogP contribution in [-0.2, 0) is 0 Å². The number of hydrogen-bond acceptors (Lipinski definition) is 4. The van der Waals surface area contributed by atoms with Gasteiger partial charge in [0, 0.05) is 52.9 Å². The molecular formula is C44H28N2S2. The van der Waals surface area contributed by atoms with Gasteiger partial charge in [0.15, 0.2) is 5.82 Å². The minimum absolute atomic E-state index is 0.722. The molecule has 0 bridgehead atoms. The van der Waals surface area contributed by atoms with Crippen molar-refractivity contribution in [2.75, 3.05) is 0 Å². The molecule has 0 N–H and O–H groups in total. The quantitative estimate of drug-likeness (QED) is 0.179. The molecule has 3 aromatic heterocycles. The van der Waals surface area contributed by atoms with Gasteiger partial charge < -0.3 is 0 Å². The Morgan fingerprint density at radius 2 is 0.896 bits per heavy atom. The van der Waals surface area contributed by atoms with Crippen LogP contribution < -0.4 is 0 Å². The van der Waals surface area contributed by atoms with Crippen molar-refractivity contribution < 1.29 is 0 Å². The Kier molecular flexibility index (Phi) is 7.23. The van der Waals surface area contributed by atoms with E-state index in [-0.39, 0.29) is 0 Å². The molecule has 0 spiro atoms. The predicted octanol–water partition coefficient (Wildman–Crippen LogP) is 12.9. The number of benzene rings is 6. The minimum atomic E-state index is 0.722. The van der Waals surface area contributed by atoms with E-state index >= 15 is 0 Å². The van der Waals surface area contributed by atoms with Crippen molar-refractivity contribution in [2.45, 2.75) is 0 Å². The third-order valence-corrected chi connectivity index (χ3v) is 10.9. The fourth-order valence-corrected chi connectivity index (χ4v) is 8.76. The lowest BCUT2D eigenvalue weighted by Crippen LogP contribution is -1.95. The lowest BCUT2D eigenvalue weighted by atomic mass is 9.93. The molecule has 6 aromatic carbocycles. The summed E-state index contributed by atoms with van der Waals surface area (Å²) in [5.74, 6) is 0.722. The van der Waals surface area contributed by atoms with E-state index in [1.165, 1.54) is 52.9 Å². The van der Waals surface area contributed by atoms with E-state index in [0.29, 0.717) is 0 Å². The highest BCUT2D eigenvalue weighted by atomic mass is 32.1. The van der Waals surface area contributed by atoms with Crippen LogP contribution in [-0.4, -0.2) is 9.97 Å². The van der Waals surface area contributed by atoms with Gasteiger partial charge in [-0.15, -0.1) is 22.7 Å². The van der Waals surface area contributed by atoms with Gasteiger partial charge in [0.25, 0.3) is 0 Å². The van der Waals surface area contributed by atoms with E-state index < -0.39 is 0 Å². The van der Waals surface area contributed by atoms with E-state index in [4.69, 9.17) is 9.97 Å². The monoisotopic (exact) mass is 648 g/mol. The zero-order valence-corrected chi connectivity index (χ0v) is 27.5. The van der Waals surface area contributed by atoms with Gasteiger partial charge in [0.05, 0.1) is 11.4 Å². The first-order valence-electron chi connectivity index (χ1n) is 16.0. The average Bonchev–Trinajstić information content (AvgIpc) is 3.83. The van der Waals surface area contributed by atoms with E-state index in [0.717, 1.165) is 33.9 Å². The summed E-state index contributed by atoms with van der Waals surface area (Å²) >= 11 is 3.70. The maximum Gasteiger partial charge on any atom is 0.160 e. The standard InChI is InChI=1S/C44H28N2S2/c1-5-14-29(15-6-1)37-28-38(46-44(45-37)32-20-11-4-12-21-32)33-22-13-23-34(26-33)39-27-36-41(31-18-9-3-10-19-31)42-35(24-25-47-42)40(43(36)48-39)30-16-7-2-8-17-30/h1-28H. The zero-order valence-electron chi connectivity index (χ0n) is 25.9. The van der Waals surface area contributed by atoms with Crippen molar-refractivity contribution in [3.63, 3.8) is 0 Å². The summed E-state index contributed by atoms with van der Waals surface area (Å²) in [6, 6.07) is 57.9. The molecule has 0 atom stereocenters. The predicted molar refractivity (Wildman–Crippen MR) is 205 cm³/mol. The second-order valence-corrected chi connectivity index (χ2v) is 13.7. The SMILES string of the molecule is c1ccc(-c2cc(-c3cccc(-c4cc5c(-c6ccccc6)c6sccc6c(-c6ccccc6)c5s4)c3)nc(-c3ccccc3)n2)cc1. The molecule has 3 heterocycles. The molecule has 0 aliphatic carbocycles. The highest BCUT2D eigenvalue weighted by Gasteiger charge is 2.21. The molecule has 0 amide bonds. The fourth-order valence-electron chi connectivity index (χ4n) is 6.53. The van der Waals surface area contributed by atoms with E-state index in [2.05, 4.69) is 145 Å². The molecule has 48 heavy (non-hydrogen) atoms. The van der Waals surface area contributed by atoms with Crippen LogP contribution in [0.15, 0.2) is 169 Å². The molecule has 0 aliphatic rings. The third-order valence-electron chi connectivity index (χ3n) is 8.79. The number of fused-ring (bicyclic) bond motifs is 2. The molecule has 0 fully saturated rings. The van der Waals surface area contributed by atoms with Crippen molar-refractivity contribution in [1.82, 2.24) is 9.97 Å². The molecule has 4 heteroatoms. The number of thiophene rings is 2. The van der Waals surface area contributed by atoms with Gasteiger partial charge in [-0.2, -0.15) is 0 Å². The van der Waals surface area contributed by atoms with Gasteiger partial charge in [-0.05, 0) is 46.3 Å². The molecule has 2 nitrogen and oxygen atoms in total. The highest BCUT2D eigenvalue weighted by Crippen LogP contribution is 2.50. The van der Waals surface area contributed by atoms with Crippen LogP contribution >= 0.6 is 22.7 Å². The Balaban J connectivity index is 1.25. The molecule has 9 aromatic rings. The van der Waals surface area contributed by atoms with Crippen LogP contribution in [0.4, 0.5) is 0 Å². The van der Waals surface area contributed by atoms with E-state index in [9.17, 15) is 0 Å². The van der Waals surface area contributed by atoms with Gasteiger partial charge in [0.1, 0.15) is 0 Å². The van der Waals surface area contributed by atoms with Crippen molar-refractivity contribution in [3.05, 3.63) is 169 Å². The molecule has 226 valence electrons. The van der Waals surface area contributed by atoms with Crippen molar-refractivity contribution >= 4 is 42.8 Å². The van der Waals surface area contributed by atoms with Gasteiger partial charge in [0.2, 0.25) is 0 Å². The van der Waals surface area contributed by atoms with Gasteiger partial charge in [-0.1, -0.05) is 140 Å². The Morgan fingerprint density at radius 1 is 0.375 bits per heavy atom. The molecule has 0 radical (unpaired) electrons. The summed E-state index contributed by atoms with van der Waals surface area (Å²) in [5.41, 5.74) is 11.2. The van der Waals surface area contributed by atoms with Gasteiger partial charge in [-0.3, -0.25) is 0 Å². The summed E-state index contributed by atoms with van der Waals surface area (Å²) in [6.45, 7) is 0. The van der Waals surface area contributed by atoms with Crippen molar-refractivity contribution in [3.8, 4) is 66.6 Å². The fraction of sp³-hybridized carbons (Fsp3) is 0. The molecule has 0 unspecified atom stereocenters. The van der Waals surface area contributed by atoms with Crippen molar-refractivity contribution in [2.24, 2.45) is 0 Å². The zero-order chi connectivity index (χ0) is 31.9. The largest absolute Gasteiger partial charge is 0.228 e. The Labute approximate surface area is 287 Å². The second kappa shape index (κ2) is 12.2. The van der Waals surface area contributed by atoms with E-state index in [1.54, 1.807) is 0 Å². The first-order valence-corrected chi connectivity index (χ1v) is 17.7. The van der Waals surface area contributed by atoms with Crippen LogP contribution in [0.2, 0.25) is 0 Å². The second-order valence-electron chi connectivity index (χ2n) is 11.8. The molecule has 0 saturated heterocycles. The number of aromatic nitrogens is 2. The summed E-state index contributed by atoms with van der Waals surface area (Å²) in [7, 11) is 0. The Bertz CT molecular complexity index is 2390.